The van der Waals surface area contributed by atoms with Crippen molar-refractivity contribution in [1.82, 2.24) is 10.2 Å². The first-order valence-corrected chi connectivity index (χ1v) is 5.38. The van der Waals surface area contributed by atoms with Crippen LogP contribution in [0.25, 0.3) is 0 Å². The van der Waals surface area contributed by atoms with E-state index in [0.717, 1.165) is 6.20 Å². The number of hydrogen-bond acceptors (Lipinski definition) is 5. The number of amides is 1. The Bertz CT molecular complexity index is 436. The Hall–Kier alpha value is -1.57. The average molecular weight is 218 g/mol. The molecule has 0 fully saturated rings. The summed E-state index contributed by atoms with van der Waals surface area (Å²) in [6.07, 6.45) is 0.874. The quantitative estimate of drug-likeness (QED) is 0.574. The Morgan fingerprint density at radius 3 is 2.64 bits per heavy atom. The monoisotopic (exact) mass is 218 g/mol. The van der Waals surface area contributed by atoms with Crippen LogP contribution in [0.3, 0.4) is 0 Å². The lowest BCUT2D eigenvalue weighted by molar-refractivity contribution is -0.117. The Kier molecular flexibility index (Phi) is 2.75. The Morgan fingerprint density at radius 1 is 1.57 bits per heavy atom. The van der Waals surface area contributed by atoms with Gasteiger partial charge in [0.2, 0.25) is 5.91 Å². The Balaban J connectivity index is 2.87. The van der Waals surface area contributed by atoms with Gasteiger partial charge in [-0.1, -0.05) is 0 Å². The number of nitrogens with zero attached hydrogens (tertiary/aromatic N) is 1. The van der Waals surface area contributed by atoms with Gasteiger partial charge in [-0.05, 0) is 0 Å². The minimum Gasteiger partial charge on any atom is -0.383 e. The molecule has 0 radical (unpaired) electrons. The first-order chi connectivity index (χ1) is 6.43. The van der Waals surface area contributed by atoms with Crippen molar-refractivity contribution in [2.45, 2.75) is 11.3 Å². The molecule has 1 aromatic rings. The molecule has 78 valence electrons. The van der Waals surface area contributed by atoms with E-state index in [1.807, 2.05) is 0 Å². The Morgan fingerprint density at radius 2 is 2.21 bits per heavy atom. The zero-order valence-corrected chi connectivity index (χ0v) is 8.04. The number of H-pyrrole nitrogens is 1. The van der Waals surface area contributed by atoms with Gasteiger partial charge in [0.15, 0.2) is 9.84 Å². The highest BCUT2D eigenvalue weighted by Crippen LogP contribution is 2.16. The van der Waals surface area contributed by atoms with Crippen molar-refractivity contribution in [2.24, 2.45) is 5.73 Å². The highest BCUT2D eigenvalue weighted by Gasteiger charge is 2.19. The van der Waals surface area contributed by atoms with Gasteiger partial charge in [-0.25, -0.2) is 8.42 Å². The molecule has 8 heteroatoms. The second kappa shape index (κ2) is 3.66. The summed E-state index contributed by atoms with van der Waals surface area (Å²) in [4.78, 5) is 10.3. The topological polar surface area (TPSA) is 132 Å². The van der Waals surface area contributed by atoms with Crippen molar-refractivity contribution in [3.05, 3.63) is 6.20 Å². The van der Waals surface area contributed by atoms with Crippen LogP contribution < -0.4 is 11.5 Å². The van der Waals surface area contributed by atoms with Gasteiger partial charge in [-0.3, -0.25) is 9.89 Å². The number of aromatic amines is 1. The van der Waals surface area contributed by atoms with Crippen molar-refractivity contribution in [2.75, 3.05) is 11.5 Å². The van der Waals surface area contributed by atoms with Crippen LogP contribution in [0.4, 0.5) is 5.82 Å². The van der Waals surface area contributed by atoms with Gasteiger partial charge in [0.1, 0.15) is 10.7 Å². The zero-order valence-electron chi connectivity index (χ0n) is 7.23. The highest BCUT2D eigenvalue weighted by atomic mass is 32.2. The molecule has 1 amide bonds. The molecular formula is C6H10N4O3S. The Labute approximate surface area is 80.4 Å². The number of nitrogens with two attached hydrogens (primary N) is 2. The lowest BCUT2D eigenvalue weighted by Crippen LogP contribution is -2.17. The van der Waals surface area contributed by atoms with E-state index in [2.05, 4.69) is 10.2 Å². The van der Waals surface area contributed by atoms with Crippen LogP contribution in [0, 0.1) is 0 Å². The average Bonchev–Trinajstić information content (AvgIpc) is 2.48. The molecule has 0 saturated carbocycles. The predicted octanol–water partition coefficient (Wildman–Crippen LogP) is -1.36. The summed E-state index contributed by atoms with van der Waals surface area (Å²) in [5.41, 5.74) is 10.2. The first kappa shape index (κ1) is 10.5. The van der Waals surface area contributed by atoms with Crippen molar-refractivity contribution in [3.63, 3.8) is 0 Å². The van der Waals surface area contributed by atoms with E-state index in [1.165, 1.54) is 0 Å². The normalized spacial score (nSPS) is 11.4. The van der Waals surface area contributed by atoms with Crippen LogP contribution in [-0.4, -0.2) is 30.3 Å². The molecule has 0 unspecified atom stereocenters. The van der Waals surface area contributed by atoms with Gasteiger partial charge in [0.25, 0.3) is 0 Å². The molecule has 0 aromatic carbocycles. The second-order valence-corrected chi connectivity index (χ2v) is 4.76. The van der Waals surface area contributed by atoms with Crippen molar-refractivity contribution in [1.29, 1.82) is 0 Å². The molecule has 0 aliphatic rings. The third-order valence-electron chi connectivity index (χ3n) is 1.58. The summed E-state index contributed by atoms with van der Waals surface area (Å²) >= 11 is 0. The van der Waals surface area contributed by atoms with E-state index in [4.69, 9.17) is 11.5 Å². The minimum absolute atomic E-state index is 0.0329. The number of sulfone groups is 1. The molecule has 14 heavy (non-hydrogen) atoms. The molecule has 0 saturated heterocycles. The fourth-order valence-electron chi connectivity index (χ4n) is 0.878. The maximum Gasteiger partial charge on any atom is 0.218 e. The van der Waals surface area contributed by atoms with E-state index in [0.29, 0.717) is 0 Å². The molecule has 0 spiro atoms. The molecule has 7 nitrogen and oxygen atoms in total. The van der Waals surface area contributed by atoms with Gasteiger partial charge in [0, 0.05) is 6.42 Å². The molecule has 0 bridgehead atoms. The molecular weight excluding hydrogens is 208 g/mol. The van der Waals surface area contributed by atoms with Gasteiger partial charge < -0.3 is 11.5 Å². The van der Waals surface area contributed by atoms with Crippen LogP contribution in [0.2, 0.25) is 0 Å². The molecule has 0 aliphatic carbocycles. The van der Waals surface area contributed by atoms with Crippen molar-refractivity contribution in [3.8, 4) is 0 Å². The van der Waals surface area contributed by atoms with E-state index in [1.54, 1.807) is 0 Å². The standard InChI is InChI=1S/C6H10N4O3S/c7-5(11)1-2-14(12,13)4-3-9-10-6(4)8/h3H,1-2H2,(H2,7,11)(H3,8,9,10). The second-order valence-electron chi connectivity index (χ2n) is 2.68. The number of anilines is 1. The van der Waals surface area contributed by atoms with E-state index < -0.39 is 15.7 Å². The van der Waals surface area contributed by atoms with Crippen molar-refractivity contribution < 1.29 is 13.2 Å². The third kappa shape index (κ3) is 2.22. The fourth-order valence-corrected chi connectivity index (χ4v) is 2.16. The highest BCUT2D eigenvalue weighted by molar-refractivity contribution is 7.91. The van der Waals surface area contributed by atoms with E-state index in [9.17, 15) is 13.2 Å². The van der Waals surface area contributed by atoms with E-state index >= 15 is 0 Å². The zero-order chi connectivity index (χ0) is 10.8. The number of carbonyl (C=O) groups excluding carboxylic acids is 1. The van der Waals surface area contributed by atoms with E-state index in [-0.39, 0.29) is 22.9 Å². The summed E-state index contributed by atoms with van der Waals surface area (Å²) in [7, 11) is -3.56. The molecule has 5 N–H and O–H groups in total. The van der Waals surface area contributed by atoms with Crippen molar-refractivity contribution >= 4 is 21.6 Å². The predicted molar refractivity (Wildman–Crippen MR) is 48.9 cm³/mol. The SMILES string of the molecule is NC(=O)CCS(=O)(=O)c1cn[nH]c1N. The molecule has 0 atom stereocenters. The molecule has 1 rings (SSSR count). The number of hydrogen-bond donors (Lipinski definition) is 3. The largest absolute Gasteiger partial charge is 0.383 e. The minimum atomic E-state index is -3.56. The summed E-state index contributed by atoms with van der Waals surface area (Å²) < 4.78 is 22.9. The van der Waals surface area contributed by atoms with Crippen LogP contribution in [0.1, 0.15) is 6.42 Å². The van der Waals surface area contributed by atoms with Gasteiger partial charge in [-0.2, -0.15) is 5.10 Å². The third-order valence-corrected chi connectivity index (χ3v) is 3.32. The number of carbonyl (C=O) groups is 1. The smallest absolute Gasteiger partial charge is 0.218 e. The maximum atomic E-state index is 11.5. The molecule has 1 heterocycles. The number of rotatable bonds is 4. The van der Waals surface area contributed by atoms with Gasteiger partial charge in [0.05, 0.1) is 11.9 Å². The maximum absolute atomic E-state index is 11.5. The van der Waals surface area contributed by atoms with Crippen LogP contribution in [-0.2, 0) is 14.6 Å². The molecule has 0 aliphatic heterocycles. The summed E-state index contributed by atoms with van der Waals surface area (Å²) in [5.74, 6) is -1.06. The summed E-state index contributed by atoms with van der Waals surface area (Å²) in [6.45, 7) is 0. The van der Waals surface area contributed by atoms with Crippen LogP contribution in [0.5, 0.6) is 0 Å². The van der Waals surface area contributed by atoms with Gasteiger partial charge in [-0.15, -0.1) is 0 Å². The summed E-state index contributed by atoms with van der Waals surface area (Å²) in [5, 5.41) is 5.76. The van der Waals surface area contributed by atoms with Crippen LogP contribution >= 0.6 is 0 Å². The lowest BCUT2D eigenvalue weighted by Gasteiger charge is -1.99. The van der Waals surface area contributed by atoms with Gasteiger partial charge >= 0.3 is 0 Å². The number of nitrogens with one attached hydrogen (secondary N) is 1. The fraction of sp³-hybridized carbons (Fsp3) is 0.333. The summed E-state index contributed by atoms with van der Waals surface area (Å²) in [6, 6.07) is 0. The number of primary amides is 1. The molecule has 1 aromatic heterocycles. The number of nitrogen functional groups attached to an aromatic ring is 1. The van der Waals surface area contributed by atoms with Crippen LogP contribution in [0.15, 0.2) is 11.1 Å². The first-order valence-electron chi connectivity index (χ1n) is 3.73. The number of aromatic nitrogens is 2. The lowest BCUT2D eigenvalue weighted by atomic mass is 10.5.